The standard InChI is InChI=1S/C25H33N5O.HI/c1-2-26-24(30-16-13-22(19-30)21-10-4-3-5-11-21)27-18-20-9-8-12-23(17-20)28-25(31)29-14-6-7-15-29;/h3-5,8-12,17,22H,2,6-7,13-16,18-19H2,1H3,(H,26,27)(H,28,31);1H. The van der Waals surface area contributed by atoms with Crippen molar-refractivity contribution in [1.82, 2.24) is 15.1 Å². The van der Waals surface area contributed by atoms with Gasteiger partial charge >= 0.3 is 6.03 Å². The molecule has 172 valence electrons. The Morgan fingerprint density at radius 3 is 2.56 bits per heavy atom. The second-order valence-corrected chi connectivity index (χ2v) is 8.34. The number of carbonyl (C=O) groups is 1. The second kappa shape index (κ2) is 12.1. The van der Waals surface area contributed by atoms with Gasteiger partial charge < -0.3 is 20.4 Å². The van der Waals surface area contributed by atoms with E-state index in [0.717, 1.165) is 69.2 Å². The molecule has 0 aromatic heterocycles. The maximum atomic E-state index is 12.4. The van der Waals surface area contributed by atoms with Gasteiger partial charge in [0.1, 0.15) is 0 Å². The Hall–Kier alpha value is -2.29. The summed E-state index contributed by atoms with van der Waals surface area (Å²) in [4.78, 5) is 21.5. The van der Waals surface area contributed by atoms with Crippen LogP contribution in [0.3, 0.4) is 0 Å². The number of hydrogen-bond donors (Lipinski definition) is 2. The zero-order valence-corrected chi connectivity index (χ0v) is 21.1. The SMILES string of the molecule is CCNC(=NCc1cccc(NC(=O)N2CCCC2)c1)N1CCC(c2ccccc2)C1.I. The van der Waals surface area contributed by atoms with E-state index >= 15 is 0 Å². The van der Waals surface area contributed by atoms with E-state index in [1.54, 1.807) is 0 Å². The monoisotopic (exact) mass is 547 g/mol. The number of likely N-dealkylation sites (tertiary alicyclic amines) is 2. The predicted octanol–water partition coefficient (Wildman–Crippen LogP) is 4.89. The Kier molecular flexibility index (Phi) is 9.20. The minimum Gasteiger partial charge on any atom is -0.357 e. The van der Waals surface area contributed by atoms with Crippen molar-refractivity contribution in [3.05, 3.63) is 65.7 Å². The molecule has 2 N–H and O–H groups in total. The lowest BCUT2D eigenvalue weighted by atomic mass is 9.99. The molecule has 4 rings (SSSR count). The summed E-state index contributed by atoms with van der Waals surface area (Å²) >= 11 is 0. The highest BCUT2D eigenvalue weighted by molar-refractivity contribution is 14.0. The van der Waals surface area contributed by atoms with Gasteiger partial charge in [-0.2, -0.15) is 0 Å². The lowest BCUT2D eigenvalue weighted by molar-refractivity contribution is 0.222. The average molecular weight is 547 g/mol. The van der Waals surface area contributed by atoms with Crippen molar-refractivity contribution < 1.29 is 4.79 Å². The molecule has 7 heteroatoms. The normalized spacial score (nSPS) is 18.4. The van der Waals surface area contributed by atoms with Gasteiger partial charge in [-0.15, -0.1) is 24.0 Å². The Morgan fingerprint density at radius 2 is 1.81 bits per heavy atom. The summed E-state index contributed by atoms with van der Waals surface area (Å²) in [6, 6.07) is 18.8. The highest BCUT2D eigenvalue weighted by atomic mass is 127. The summed E-state index contributed by atoms with van der Waals surface area (Å²) in [6.45, 7) is 7.23. The number of benzene rings is 2. The van der Waals surface area contributed by atoms with Crippen molar-refractivity contribution in [2.24, 2.45) is 4.99 Å². The zero-order chi connectivity index (χ0) is 21.5. The van der Waals surface area contributed by atoms with Crippen LogP contribution in [-0.4, -0.2) is 54.5 Å². The molecule has 32 heavy (non-hydrogen) atoms. The fourth-order valence-electron chi connectivity index (χ4n) is 4.41. The fourth-order valence-corrected chi connectivity index (χ4v) is 4.41. The number of guanidine groups is 1. The third kappa shape index (κ3) is 6.37. The van der Waals surface area contributed by atoms with Crippen molar-refractivity contribution >= 4 is 41.7 Å². The van der Waals surface area contributed by atoms with Gasteiger partial charge in [-0.1, -0.05) is 42.5 Å². The van der Waals surface area contributed by atoms with Crippen LogP contribution >= 0.6 is 24.0 Å². The van der Waals surface area contributed by atoms with Crippen LogP contribution < -0.4 is 10.6 Å². The largest absolute Gasteiger partial charge is 0.357 e. The van der Waals surface area contributed by atoms with Gasteiger partial charge in [-0.25, -0.2) is 9.79 Å². The van der Waals surface area contributed by atoms with E-state index in [9.17, 15) is 4.79 Å². The Labute approximate surface area is 208 Å². The summed E-state index contributed by atoms with van der Waals surface area (Å²) in [6.07, 6.45) is 3.33. The summed E-state index contributed by atoms with van der Waals surface area (Å²) < 4.78 is 0. The first-order valence-corrected chi connectivity index (χ1v) is 11.5. The van der Waals surface area contributed by atoms with E-state index in [-0.39, 0.29) is 30.0 Å². The van der Waals surface area contributed by atoms with E-state index in [1.165, 1.54) is 5.56 Å². The molecule has 2 fully saturated rings. The first-order chi connectivity index (χ1) is 15.2. The lowest BCUT2D eigenvalue weighted by Gasteiger charge is -2.22. The first-order valence-electron chi connectivity index (χ1n) is 11.5. The topological polar surface area (TPSA) is 60.0 Å². The van der Waals surface area contributed by atoms with E-state index in [0.29, 0.717) is 12.5 Å². The molecule has 2 aromatic rings. The van der Waals surface area contributed by atoms with E-state index in [4.69, 9.17) is 4.99 Å². The lowest BCUT2D eigenvalue weighted by Crippen LogP contribution is -2.40. The number of urea groups is 1. The number of hydrogen-bond acceptors (Lipinski definition) is 2. The number of nitrogens with zero attached hydrogens (tertiary/aromatic N) is 3. The van der Waals surface area contributed by atoms with Gasteiger partial charge in [0.2, 0.25) is 0 Å². The molecule has 0 saturated carbocycles. The molecule has 2 aliphatic rings. The van der Waals surface area contributed by atoms with Crippen LogP contribution in [0, 0.1) is 0 Å². The summed E-state index contributed by atoms with van der Waals surface area (Å²) in [5, 5.41) is 6.48. The Morgan fingerprint density at radius 1 is 1.03 bits per heavy atom. The van der Waals surface area contributed by atoms with Crippen LogP contribution in [0.25, 0.3) is 0 Å². The molecule has 0 spiro atoms. The molecule has 2 saturated heterocycles. The highest BCUT2D eigenvalue weighted by Gasteiger charge is 2.25. The zero-order valence-electron chi connectivity index (χ0n) is 18.8. The fraction of sp³-hybridized carbons (Fsp3) is 0.440. The summed E-state index contributed by atoms with van der Waals surface area (Å²) in [5.74, 6) is 1.52. The number of anilines is 1. The van der Waals surface area contributed by atoms with Crippen LogP contribution in [0.1, 0.15) is 43.2 Å². The van der Waals surface area contributed by atoms with Gasteiger partial charge in [0.15, 0.2) is 5.96 Å². The van der Waals surface area contributed by atoms with Gasteiger partial charge in [0.25, 0.3) is 0 Å². The van der Waals surface area contributed by atoms with Crippen molar-refractivity contribution in [3.63, 3.8) is 0 Å². The number of carbonyl (C=O) groups excluding carboxylic acids is 1. The highest BCUT2D eigenvalue weighted by Crippen LogP contribution is 2.27. The smallest absolute Gasteiger partial charge is 0.321 e. The predicted molar refractivity (Wildman–Crippen MR) is 142 cm³/mol. The molecule has 6 nitrogen and oxygen atoms in total. The molecule has 1 unspecified atom stereocenters. The molecule has 2 aliphatic heterocycles. The van der Waals surface area contributed by atoms with E-state index in [2.05, 4.69) is 58.9 Å². The van der Waals surface area contributed by atoms with E-state index in [1.807, 2.05) is 23.1 Å². The molecule has 2 amide bonds. The number of halogens is 1. The van der Waals surface area contributed by atoms with Crippen LogP contribution in [0.4, 0.5) is 10.5 Å². The van der Waals surface area contributed by atoms with E-state index < -0.39 is 0 Å². The number of nitrogens with one attached hydrogen (secondary N) is 2. The van der Waals surface area contributed by atoms with Crippen LogP contribution in [-0.2, 0) is 6.54 Å². The minimum absolute atomic E-state index is 0. The van der Waals surface area contributed by atoms with Gasteiger partial charge in [-0.05, 0) is 49.4 Å². The van der Waals surface area contributed by atoms with Gasteiger partial charge in [0.05, 0.1) is 6.54 Å². The van der Waals surface area contributed by atoms with Crippen LogP contribution in [0.15, 0.2) is 59.6 Å². The first kappa shape index (κ1) is 24.4. The van der Waals surface area contributed by atoms with Crippen molar-refractivity contribution in [2.45, 2.75) is 38.6 Å². The van der Waals surface area contributed by atoms with Gasteiger partial charge in [0, 0.05) is 44.3 Å². The quantitative estimate of drug-likeness (QED) is 0.319. The third-order valence-corrected chi connectivity index (χ3v) is 6.08. The maximum absolute atomic E-state index is 12.4. The number of amides is 2. The average Bonchev–Trinajstić information content (AvgIpc) is 3.50. The molecule has 0 radical (unpaired) electrons. The third-order valence-electron chi connectivity index (χ3n) is 6.08. The molecule has 2 heterocycles. The number of aliphatic imine (C=N–C) groups is 1. The second-order valence-electron chi connectivity index (χ2n) is 8.34. The molecule has 0 bridgehead atoms. The summed E-state index contributed by atoms with van der Waals surface area (Å²) in [7, 11) is 0. The Balaban J connectivity index is 0.00000289. The van der Waals surface area contributed by atoms with Crippen molar-refractivity contribution in [1.29, 1.82) is 0 Å². The minimum atomic E-state index is -0.00416. The molecule has 2 aromatic carbocycles. The maximum Gasteiger partial charge on any atom is 0.321 e. The van der Waals surface area contributed by atoms with Gasteiger partial charge in [-0.3, -0.25) is 0 Å². The number of rotatable bonds is 5. The Bertz CT molecular complexity index is 898. The summed E-state index contributed by atoms with van der Waals surface area (Å²) in [5.41, 5.74) is 3.33. The molecular formula is C25H34IN5O. The molecule has 1 atom stereocenters. The van der Waals surface area contributed by atoms with Crippen LogP contribution in [0.2, 0.25) is 0 Å². The molecule has 0 aliphatic carbocycles. The molecular weight excluding hydrogens is 513 g/mol. The van der Waals surface area contributed by atoms with Crippen molar-refractivity contribution in [3.8, 4) is 0 Å². The van der Waals surface area contributed by atoms with Crippen LogP contribution in [0.5, 0.6) is 0 Å². The van der Waals surface area contributed by atoms with Crippen molar-refractivity contribution in [2.75, 3.05) is 38.0 Å².